The Hall–Kier alpha value is -1.28. The van der Waals surface area contributed by atoms with Crippen molar-refractivity contribution in [1.82, 2.24) is 0 Å². The van der Waals surface area contributed by atoms with Gasteiger partial charge in [0.05, 0.1) is 0 Å². The van der Waals surface area contributed by atoms with E-state index in [4.69, 9.17) is 0 Å². The molecular weight excluding hydrogens is 282 g/mol. The molecule has 0 N–H and O–H groups in total. The summed E-state index contributed by atoms with van der Waals surface area (Å²) in [5.41, 5.74) is 0. The Balaban J connectivity index is 3.73. The third-order valence-electron chi connectivity index (χ3n) is 1.91. The number of carbonyl (C=O) groups is 2. The van der Waals surface area contributed by atoms with E-state index < -0.39 is 62.8 Å². The average Bonchev–Trinajstić information content (AvgIpc) is 2.12. The van der Waals surface area contributed by atoms with Gasteiger partial charge in [-0.1, -0.05) is 0 Å². The predicted molar refractivity (Wildman–Crippen MR) is 50.9 cm³/mol. The van der Waals surface area contributed by atoms with Crippen LogP contribution in [0.3, 0.4) is 0 Å². The standard InChI is InChI=1S/C10H12F6O3/c11-9(12,13)5-1-3-7(17)19-8(18)4-2-6-10(14,15)16/h1-6H2. The number of esters is 2. The molecule has 0 heterocycles. The highest BCUT2D eigenvalue weighted by Crippen LogP contribution is 2.23. The van der Waals surface area contributed by atoms with E-state index in [2.05, 4.69) is 4.74 Å². The largest absolute Gasteiger partial charge is 0.393 e. The van der Waals surface area contributed by atoms with Crippen LogP contribution in [0.4, 0.5) is 26.3 Å². The van der Waals surface area contributed by atoms with Gasteiger partial charge in [-0.2, -0.15) is 26.3 Å². The monoisotopic (exact) mass is 294 g/mol. The van der Waals surface area contributed by atoms with Crippen molar-refractivity contribution in [3.8, 4) is 0 Å². The van der Waals surface area contributed by atoms with E-state index in [1.165, 1.54) is 0 Å². The normalized spacial score (nSPS) is 12.3. The second kappa shape index (κ2) is 7.34. The topological polar surface area (TPSA) is 43.4 Å². The molecule has 0 rings (SSSR count). The van der Waals surface area contributed by atoms with E-state index in [9.17, 15) is 35.9 Å². The summed E-state index contributed by atoms with van der Waals surface area (Å²) in [5, 5.41) is 0. The van der Waals surface area contributed by atoms with E-state index in [0.717, 1.165) is 0 Å². The summed E-state index contributed by atoms with van der Waals surface area (Å²) in [7, 11) is 0. The van der Waals surface area contributed by atoms with Crippen LogP contribution in [0.25, 0.3) is 0 Å². The van der Waals surface area contributed by atoms with Crippen LogP contribution < -0.4 is 0 Å². The highest BCUT2D eigenvalue weighted by molar-refractivity contribution is 5.85. The second-order valence-corrected chi connectivity index (χ2v) is 3.78. The molecule has 3 nitrogen and oxygen atoms in total. The van der Waals surface area contributed by atoms with Gasteiger partial charge in [0.2, 0.25) is 0 Å². The van der Waals surface area contributed by atoms with Gasteiger partial charge in [-0.3, -0.25) is 9.59 Å². The van der Waals surface area contributed by atoms with Gasteiger partial charge in [0.15, 0.2) is 0 Å². The van der Waals surface area contributed by atoms with Crippen molar-refractivity contribution in [2.45, 2.75) is 50.9 Å². The first kappa shape index (κ1) is 17.7. The van der Waals surface area contributed by atoms with Crippen LogP contribution in [0.1, 0.15) is 38.5 Å². The van der Waals surface area contributed by atoms with Gasteiger partial charge in [0.1, 0.15) is 0 Å². The fourth-order valence-corrected chi connectivity index (χ4v) is 1.10. The molecule has 0 unspecified atom stereocenters. The maximum absolute atomic E-state index is 11.7. The minimum atomic E-state index is -4.41. The summed E-state index contributed by atoms with van der Waals surface area (Å²) in [6.45, 7) is 0. The van der Waals surface area contributed by atoms with Crippen LogP contribution in [-0.2, 0) is 14.3 Å². The van der Waals surface area contributed by atoms with Crippen molar-refractivity contribution in [2.75, 3.05) is 0 Å². The van der Waals surface area contributed by atoms with Crippen molar-refractivity contribution in [2.24, 2.45) is 0 Å². The number of hydrogen-bond acceptors (Lipinski definition) is 3. The lowest BCUT2D eigenvalue weighted by molar-refractivity contribution is -0.161. The van der Waals surface area contributed by atoms with Crippen LogP contribution in [-0.4, -0.2) is 24.3 Å². The lowest BCUT2D eigenvalue weighted by Crippen LogP contribution is -2.15. The van der Waals surface area contributed by atoms with E-state index in [1.807, 2.05) is 0 Å². The molecule has 0 aromatic heterocycles. The third-order valence-corrected chi connectivity index (χ3v) is 1.91. The molecule has 0 fully saturated rings. The summed E-state index contributed by atoms with van der Waals surface area (Å²) in [6, 6.07) is 0. The SMILES string of the molecule is O=C(CCCC(F)(F)F)OC(=O)CCCC(F)(F)F. The molecule has 0 aliphatic heterocycles. The van der Waals surface area contributed by atoms with Gasteiger partial charge in [-0.05, 0) is 12.8 Å². The molecule has 0 bridgehead atoms. The molecule has 0 spiro atoms. The first-order chi connectivity index (χ1) is 8.49. The molecule has 112 valence electrons. The van der Waals surface area contributed by atoms with Crippen molar-refractivity contribution in [3.63, 3.8) is 0 Å². The summed E-state index contributed by atoms with van der Waals surface area (Å²) in [6.07, 6.45) is -13.5. The molecule has 0 aliphatic carbocycles. The minimum absolute atomic E-state index is 0.530. The van der Waals surface area contributed by atoms with Gasteiger partial charge < -0.3 is 4.74 Å². The molecule has 0 aromatic rings. The zero-order valence-corrected chi connectivity index (χ0v) is 9.74. The fraction of sp³-hybridized carbons (Fsp3) is 0.800. The van der Waals surface area contributed by atoms with E-state index in [-0.39, 0.29) is 0 Å². The van der Waals surface area contributed by atoms with Crippen LogP contribution in [0.5, 0.6) is 0 Å². The highest BCUT2D eigenvalue weighted by atomic mass is 19.4. The Labute approximate surface area is 104 Å². The lowest BCUT2D eigenvalue weighted by atomic mass is 10.2. The number of hydrogen-bond donors (Lipinski definition) is 0. The predicted octanol–water partition coefficient (Wildman–Crippen LogP) is 3.52. The Morgan fingerprint density at radius 2 is 1.05 bits per heavy atom. The zero-order chi connectivity index (χ0) is 15.1. The number of rotatable bonds is 6. The van der Waals surface area contributed by atoms with Crippen LogP contribution >= 0.6 is 0 Å². The maximum atomic E-state index is 11.7. The number of halogens is 6. The summed E-state index contributed by atoms with van der Waals surface area (Å²) in [4.78, 5) is 21.7. The Kier molecular flexibility index (Phi) is 6.85. The van der Waals surface area contributed by atoms with E-state index in [1.54, 1.807) is 0 Å². The quantitative estimate of drug-likeness (QED) is 0.427. The second-order valence-electron chi connectivity index (χ2n) is 3.78. The first-order valence-corrected chi connectivity index (χ1v) is 5.36. The molecule has 0 saturated carbocycles. The third kappa shape index (κ3) is 13.0. The zero-order valence-electron chi connectivity index (χ0n) is 9.74. The Morgan fingerprint density at radius 3 is 1.32 bits per heavy atom. The first-order valence-electron chi connectivity index (χ1n) is 5.36. The van der Waals surface area contributed by atoms with Crippen molar-refractivity contribution in [3.05, 3.63) is 0 Å². The Morgan fingerprint density at radius 1 is 0.737 bits per heavy atom. The number of ether oxygens (including phenoxy) is 1. The van der Waals surface area contributed by atoms with Crippen LogP contribution in [0.15, 0.2) is 0 Å². The average molecular weight is 294 g/mol. The number of alkyl halides is 6. The fourth-order valence-electron chi connectivity index (χ4n) is 1.10. The molecule has 0 amide bonds. The van der Waals surface area contributed by atoms with Gasteiger partial charge in [-0.25, -0.2) is 0 Å². The highest BCUT2D eigenvalue weighted by Gasteiger charge is 2.28. The van der Waals surface area contributed by atoms with Gasteiger partial charge in [0, 0.05) is 25.7 Å². The summed E-state index contributed by atoms with van der Waals surface area (Å²) >= 11 is 0. The molecule has 9 heteroatoms. The van der Waals surface area contributed by atoms with Crippen LogP contribution in [0.2, 0.25) is 0 Å². The van der Waals surface area contributed by atoms with Gasteiger partial charge in [-0.15, -0.1) is 0 Å². The molecule has 0 atom stereocenters. The van der Waals surface area contributed by atoms with E-state index >= 15 is 0 Å². The van der Waals surface area contributed by atoms with Gasteiger partial charge in [0.25, 0.3) is 0 Å². The molecule has 0 radical (unpaired) electrons. The Bertz CT molecular complexity index is 277. The minimum Gasteiger partial charge on any atom is -0.393 e. The van der Waals surface area contributed by atoms with Crippen molar-refractivity contribution in [1.29, 1.82) is 0 Å². The molecular formula is C10H12F6O3. The van der Waals surface area contributed by atoms with Crippen molar-refractivity contribution >= 4 is 11.9 Å². The van der Waals surface area contributed by atoms with Crippen molar-refractivity contribution < 1.29 is 40.7 Å². The molecule has 0 saturated heterocycles. The number of carbonyl (C=O) groups excluding carboxylic acids is 2. The summed E-state index contributed by atoms with van der Waals surface area (Å²) in [5.74, 6) is -2.33. The smallest absolute Gasteiger partial charge is 0.389 e. The molecule has 0 aromatic carbocycles. The van der Waals surface area contributed by atoms with Gasteiger partial charge >= 0.3 is 24.3 Å². The molecule has 0 aliphatic rings. The lowest BCUT2D eigenvalue weighted by Gasteiger charge is -2.06. The van der Waals surface area contributed by atoms with E-state index in [0.29, 0.717) is 0 Å². The molecule has 19 heavy (non-hydrogen) atoms. The van der Waals surface area contributed by atoms with Crippen LogP contribution in [0, 0.1) is 0 Å². The summed E-state index contributed by atoms with van der Waals surface area (Å²) < 4.78 is 74.4. The maximum Gasteiger partial charge on any atom is 0.389 e.